The fraction of sp³-hybridized carbons (Fsp3) is 0.269. The van der Waals surface area contributed by atoms with Crippen molar-refractivity contribution in [1.82, 2.24) is 9.97 Å². The summed E-state index contributed by atoms with van der Waals surface area (Å²) in [4.78, 5) is 19.4. The summed E-state index contributed by atoms with van der Waals surface area (Å²) in [6.45, 7) is 6.99. The number of aryl methyl sites for hydroxylation is 2. The van der Waals surface area contributed by atoms with E-state index in [2.05, 4.69) is 66.4 Å². The Bertz CT molecular complexity index is 1310. The van der Waals surface area contributed by atoms with E-state index in [1.54, 1.807) is 0 Å². The minimum absolute atomic E-state index is 0. The van der Waals surface area contributed by atoms with Crippen molar-refractivity contribution in [2.45, 2.75) is 45.0 Å². The molecule has 5 nitrogen and oxygen atoms in total. The molecular formula is C26H29GeIrN2O3-. The number of allylic oxidation sites excluding steroid dienone is 2. The molecule has 0 spiro atoms. The fourth-order valence-corrected chi connectivity index (χ4v) is 5.65. The maximum Gasteiger partial charge on any atom is 0 e. The maximum atomic E-state index is 10.0. The molecule has 7 heteroatoms. The SMILES string of the molecule is CC(=O)/C=C(/C)O.Cc1[c-]c(-c2nccc3c2oc2n[c]([Ge]([CH3])([CH3])[CH3])ccc23)cc(C)c1.[Ir]. The van der Waals surface area contributed by atoms with Crippen LogP contribution in [-0.2, 0) is 24.9 Å². The summed E-state index contributed by atoms with van der Waals surface area (Å²) in [6, 6.07) is 13.9. The molecule has 0 atom stereocenters. The number of carbonyl (C=O) groups excluding carboxylic acids is 1. The molecule has 0 fully saturated rings. The monoisotopic (exact) mass is 684 g/mol. The number of hydrogen-bond acceptors (Lipinski definition) is 5. The van der Waals surface area contributed by atoms with Gasteiger partial charge in [0.25, 0.3) is 0 Å². The Hall–Kier alpha value is -2.28. The second kappa shape index (κ2) is 10.8. The number of carbonyl (C=O) groups is 1. The van der Waals surface area contributed by atoms with Crippen molar-refractivity contribution >= 4 is 45.6 Å². The van der Waals surface area contributed by atoms with Crippen LogP contribution < -0.4 is 4.53 Å². The Morgan fingerprint density at radius 2 is 1.79 bits per heavy atom. The zero-order valence-electron chi connectivity index (χ0n) is 20.0. The first-order chi connectivity index (χ1) is 15.0. The summed E-state index contributed by atoms with van der Waals surface area (Å²) >= 11 is -2.00. The minimum Gasteiger partial charge on any atom is 0 e. The van der Waals surface area contributed by atoms with Crippen LogP contribution in [0.15, 0.2) is 52.8 Å². The molecule has 0 unspecified atom stereocenters. The number of pyridine rings is 2. The largest absolute Gasteiger partial charge is 0 e. The molecule has 1 N–H and O–H groups in total. The van der Waals surface area contributed by atoms with Crippen LogP contribution in [0.3, 0.4) is 0 Å². The van der Waals surface area contributed by atoms with Crippen molar-refractivity contribution in [3.8, 4) is 11.3 Å². The van der Waals surface area contributed by atoms with Gasteiger partial charge >= 0.3 is 150 Å². The summed E-state index contributed by atoms with van der Waals surface area (Å²) in [6.07, 6.45) is 3.01. The number of aliphatic hydroxyl groups excluding tert-OH is 1. The zero-order valence-corrected chi connectivity index (χ0v) is 24.5. The van der Waals surface area contributed by atoms with E-state index < -0.39 is 13.3 Å². The van der Waals surface area contributed by atoms with Crippen LogP contribution in [-0.4, -0.2) is 34.1 Å². The summed E-state index contributed by atoms with van der Waals surface area (Å²) in [5, 5.41) is 10.5. The average Bonchev–Trinajstić information content (AvgIpc) is 3.03. The number of nitrogens with zero attached hydrogens (tertiary/aromatic N) is 2. The second-order valence-electron chi connectivity index (χ2n) is 9.09. The van der Waals surface area contributed by atoms with Gasteiger partial charge in [0.15, 0.2) is 5.78 Å². The van der Waals surface area contributed by atoms with Gasteiger partial charge in [-0.1, -0.05) is 0 Å². The predicted octanol–water partition coefficient (Wildman–Crippen LogP) is 6.04. The number of aliphatic hydroxyl groups is 1. The van der Waals surface area contributed by atoms with E-state index in [4.69, 9.17) is 14.5 Å². The van der Waals surface area contributed by atoms with E-state index in [1.807, 2.05) is 12.3 Å². The second-order valence-corrected chi connectivity index (χ2v) is 19.6. The third kappa shape index (κ3) is 6.62. The summed E-state index contributed by atoms with van der Waals surface area (Å²) in [7, 11) is 0. The standard InChI is InChI=1S/C21H21GeN2O.C5H8O2.Ir/c1-13-10-14(2)12-15(11-13)19-20-16(8-9-23-19)17-6-7-18(22(3,4)5)24-21(17)25-20;1-4(6)3-5(2)7;/h6-11H,1-5H3;3,6H,1-2H3;/q-1;;/b;4-3-;. The first-order valence-electron chi connectivity index (χ1n) is 10.5. The van der Waals surface area contributed by atoms with Gasteiger partial charge in [-0.3, -0.25) is 4.79 Å². The third-order valence-corrected chi connectivity index (χ3v) is 8.65. The molecule has 0 saturated carbocycles. The van der Waals surface area contributed by atoms with Crippen molar-refractivity contribution in [2.75, 3.05) is 0 Å². The molecule has 0 aliphatic heterocycles. The van der Waals surface area contributed by atoms with Crippen LogP contribution in [0.25, 0.3) is 33.3 Å². The van der Waals surface area contributed by atoms with Crippen molar-refractivity contribution in [3.05, 3.63) is 65.6 Å². The fourth-order valence-electron chi connectivity index (χ4n) is 3.51. The molecule has 175 valence electrons. The molecular weight excluding hydrogens is 653 g/mol. The van der Waals surface area contributed by atoms with Crippen molar-refractivity contribution < 1.29 is 34.4 Å². The van der Waals surface area contributed by atoms with Gasteiger partial charge in [-0.2, -0.15) is 0 Å². The van der Waals surface area contributed by atoms with Crippen molar-refractivity contribution in [2.24, 2.45) is 0 Å². The summed E-state index contributed by atoms with van der Waals surface area (Å²) in [5.41, 5.74) is 5.61. The van der Waals surface area contributed by atoms with Gasteiger partial charge in [-0.25, -0.2) is 0 Å². The molecule has 0 aliphatic rings. The molecule has 3 aromatic heterocycles. The van der Waals surface area contributed by atoms with E-state index in [1.165, 1.54) is 30.0 Å². The van der Waals surface area contributed by atoms with Crippen LogP contribution in [0.4, 0.5) is 0 Å². The smallest absolute Gasteiger partial charge is 0 e. The number of ketones is 1. The molecule has 3 heterocycles. The Labute approximate surface area is 211 Å². The van der Waals surface area contributed by atoms with E-state index in [9.17, 15) is 4.79 Å². The van der Waals surface area contributed by atoms with Crippen molar-refractivity contribution in [1.29, 1.82) is 0 Å². The number of fused-ring (bicyclic) bond motifs is 3. The summed E-state index contributed by atoms with van der Waals surface area (Å²) < 4.78 is 7.40. The topological polar surface area (TPSA) is 76.2 Å². The van der Waals surface area contributed by atoms with E-state index in [0.29, 0.717) is 5.71 Å². The molecule has 0 bridgehead atoms. The quantitative estimate of drug-likeness (QED) is 0.124. The van der Waals surface area contributed by atoms with Gasteiger partial charge in [-0.05, 0) is 13.8 Å². The third-order valence-electron chi connectivity index (χ3n) is 4.84. The molecule has 1 radical (unpaired) electrons. The minimum atomic E-state index is -2.00. The van der Waals surface area contributed by atoms with Crippen LogP contribution in [0.2, 0.25) is 17.3 Å². The first-order valence-corrected chi connectivity index (χ1v) is 17.9. The molecule has 0 aliphatic carbocycles. The van der Waals surface area contributed by atoms with E-state index >= 15 is 0 Å². The molecule has 4 rings (SSSR count). The zero-order chi connectivity index (χ0) is 23.6. The summed E-state index contributed by atoms with van der Waals surface area (Å²) in [5.74, 6) is 6.96. The Balaban J connectivity index is 0.000000423. The van der Waals surface area contributed by atoms with Gasteiger partial charge in [0.2, 0.25) is 0 Å². The Morgan fingerprint density at radius 3 is 2.33 bits per heavy atom. The normalized spacial score (nSPS) is 11.7. The van der Waals surface area contributed by atoms with E-state index in [-0.39, 0.29) is 31.6 Å². The van der Waals surface area contributed by atoms with Crippen LogP contribution in [0.1, 0.15) is 25.0 Å². The Morgan fingerprint density at radius 1 is 1.09 bits per heavy atom. The molecule has 1 aromatic carbocycles. The number of benzene rings is 1. The number of aromatic nitrogens is 2. The average molecular weight is 682 g/mol. The molecule has 0 saturated heterocycles. The van der Waals surface area contributed by atoms with Gasteiger partial charge in [0.1, 0.15) is 0 Å². The Kier molecular flexibility index (Phi) is 8.80. The molecule has 0 amide bonds. The van der Waals surface area contributed by atoms with Gasteiger partial charge in [0.05, 0.1) is 5.76 Å². The number of furan rings is 1. The van der Waals surface area contributed by atoms with Gasteiger partial charge < -0.3 is 5.11 Å². The van der Waals surface area contributed by atoms with Crippen LogP contribution in [0.5, 0.6) is 0 Å². The van der Waals surface area contributed by atoms with Crippen LogP contribution in [0, 0.1) is 19.9 Å². The van der Waals surface area contributed by atoms with Crippen LogP contribution >= 0.6 is 0 Å². The van der Waals surface area contributed by atoms with Crippen molar-refractivity contribution in [3.63, 3.8) is 0 Å². The number of hydrogen-bond donors (Lipinski definition) is 1. The van der Waals surface area contributed by atoms with E-state index in [0.717, 1.165) is 33.2 Å². The maximum absolute atomic E-state index is 10.0. The van der Waals surface area contributed by atoms with Gasteiger partial charge in [-0.15, -0.1) is 0 Å². The molecule has 4 aromatic rings. The number of rotatable bonds is 3. The molecule has 33 heavy (non-hydrogen) atoms. The van der Waals surface area contributed by atoms with Gasteiger partial charge in [0, 0.05) is 26.2 Å². The first kappa shape index (κ1) is 27.0. The predicted molar refractivity (Wildman–Crippen MR) is 133 cm³/mol.